The van der Waals surface area contributed by atoms with Crippen LogP contribution < -0.4 is 0 Å². The Bertz CT molecular complexity index is 2310. The summed E-state index contributed by atoms with van der Waals surface area (Å²) in [6.07, 6.45) is 98.3. The number of carboxylic acid groups (broad SMARTS) is 4. The number of unbranched alkanes of at least 4 members (excludes halogenated alkanes) is 78. The number of carbonyl (C=O) groups excluding carboxylic acids is 3. The average Bonchev–Trinajstić information content (AvgIpc) is 0.741. The monoisotopic (exact) mass is 1740 g/mol. The number of carbonyl (C=O) groups is 7. The van der Waals surface area contributed by atoms with Crippen molar-refractivity contribution in [2.24, 2.45) is 0 Å². The number of hydrogen-bond acceptors (Lipinski definition) is 10. The molecule has 0 aliphatic heterocycles. The third kappa shape index (κ3) is 82.5. The van der Waals surface area contributed by atoms with E-state index in [-0.39, 0.29) is 43.6 Å². The van der Waals surface area contributed by atoms with E-state index in [9.17, 15) is 24.3 Å². The van der Waals surface area contributed by atoms with Crippen molar-refractivity contribution >= 4 is 41.8 Å². The van der Waals surface area contributed by atoms with E-state index in [4.69, 9.17) is 29.5 Å². The van der Waals surface area contributed by atoms with Gasteiger partial charge in [0.1, 0.15) is 6.10 Å². The summed E-state index contributed by atoms with van der Waals surface area (Å²) < 4.78 is 22.7. The number of rotatable bonds is 105. The highest BCUT2D eigenvalue weighted by atomic mass is 16.6. The molecule has 0 aromatic carbocycles. The van der Waals surface area contributed by atoms with Crippen molar-refractivity contribution < 1.29 is 68.2 Å². The summed E-state index contributed by atoms with van der Waals surface area (Å²) >= 11 is 0. The van der Waals surface area contributed by atoms with Crippen LogP contribution in [0.3, 0.4) is 0 Å². The van der Waals surface area contributed by atoms with Gasteiger partial charge in [0.15, 0.2) is 11.2 Å². The molecule has 726 valence electrons. The maximum Gasteiger partial charge on any atom is 0.306 e. The van der Waals surface area contributed by atoms with Gasteiger partial charge in [-0.05, 0) is 96.3 Å². The molecular weight excluding hydrogens is 1530 g/mol. The molecule has 0 saturated carbocycles. The zero-order valence-electron chi connectivity index (χ0n) is 81.8. The quantitative estimate of drug-likeness (QED) is 0.0252. The summed E-state index contributed by atoms with van der Waals surface area (Å²) in [6, 6.07) is 0. The van der Waals surface area contributed by atoms with Gasteiger partial charge < -0.3 is 34.6 Å². The van der Waals surface area contributed by atoms with Gasteiger partial charge in [-0.3, -0.25) is 33.6 Å². The summed E-state index contributed by atoms with van der Waals surface area (Å²) in [5.74, 6) is -3.43. The molecule has 3 atom stereocenters. The molecule has 0 radical (unpaired) electrons. The predicted octanol–water partition coefficient (Wildman–Crippen LogP) is 35.3. The number of ether oxygens (including phenoxy) is 3. The zero-order valence-corrected chi connectivity index (χ0v) is 81.8. The number of carboxylic acids is 4. The van der Waals surface area contributed by atoms with Crippen LogP contribution in [-0.2, 0) is 47.8 Å². The van der Waals surface area contributed by atoms with E-state index in [2.05, 4.69) is 20.8 Å². The molecule has 4 N–H and O–H groups in total. The Morgan fingerprint density at radius 1 is 0.187 bits per heavy atom. The fraction of sp³-hybridized carbons (Fsp3) is 0.936. The number of hydrogen-bond donors (Lipinski definition) is 4. The lowest BCUT2D eigenvalue weighted by Crippen LogP contribution is -2.66. The molecule has 0 saturated heterocycles. The van der Waals surface area contributed by atoms with Crippen LogP contribution in [0.15, 0.2) is 0 Å². The second-order valence-corrected chi connectivity index (χ2v) is 38.7. The van der Waals surface area contributed by atoms with Crippen molar-refractivity contribution in [1.29, 1.82) is 0 Å². The molecule has 0 bridgehead atoms. The first-order valence-corrected chi connectivity index (χ1v) is 54.7. The minimum absolute atomic E-state index is 0.195. The number of aliphatic carboxylic acids is 4. The van der Waals surface area contributed by atoms with Gasteiger partial charge >= 0.3 is 41.8 Å². The minimum Gasteiger partial charge on any atom is -0.481 e. The lowest BCUT2D eigenvalue weighted by atomic mass is 9.68. The molecule has 14 nitrogen and oxygen atoms in total. The van der Waals surface area contributed by atoms with Crippen LogP contribution in [-0.4, -0.2) is 79.5 Å². The zero-order chi connectivity index (χ0) is 89.6. The van der Waals surface area contributed by atoms with Crippen molar-refractivity contribution in [3.63, 3.8) is 0 Å². The third-order valence-electron chi connectivity index (χ3n) is 26.9. The first kappa shape index (κ1) is 119. The maximum atomic E-state index is 15.8. The van der Waals surface area contributed by atoms with Crippen LogP contribution in [0.25, 0.3) is 0 Å². The molecule has 0 aliphatic rings. The number of esters is 3. The van der Waals surface area contributed by atoms with Crippen molar-refractivity contribution in [2.45, 2.75) is 654 Å². The van der Waals surface area contributed by atoms with Crippen LogP contribution in [0.2, 0.25) is 0 Å². The topological polar surface area (TPSA) is 228 Å². The summed E-state index contributed by atoms with van der Waals surface area (Å²) in [5, 5.41) is 36.3. The minimum atomic E-state index is -1.41. The van der Waals surface area contributed by atoms with Crippen molar-refractivity contribution in [2.75, 3.05) is 0 Å². The van der Waals surface area contributed by atoms with E-state index >= 15 is 14.4 Å². The Labute approximate surface area is 760 Å². The molecule has 3 unspecified atom stereocenters. The highest BCUT2D eigenvalue weighted by molar-refractivity contribution is 5.73. The molecule has 0 aromatic heterocycles. The first-order valence-electron chi connectivity index (χ1n) is 54.7. The lowest BCUT2D eigenvalue weighted by Gasteiger charge is -2.52. The van der Waals surface area contributed by atoms with E-state index in [0.29, 0.717) is 44.9 Å². The van der Waals surface area contributed by atoms with Gasteiger partial charge in [-0.2, -0.15) is 0 Å². The molecule has 0 spiro atoms. The Morgan fingerprint density at radius 2 is 0.350 bits per heavy atom. The molecule has 14 heteroatoms. The van der Waals surface area contributed by atoms with Crippen LogP contribution in [0.5, 0.6) is 0 Å². The van der Waals surface area contributed by atoms with E-state index in [1.165, 1.54) is 270 Å². The third-order valence-corrected chi connectivity index (χ3v) is 26.9. The molecule has 123 heavy (non-hydrogen) atoms. The predicted molar refractivity (Wildman–Crippen MR) is 518 cm³/mol. The van der Waals surface area contributed by atoms with Gasteiger partial charge in [-0.15, -0.1) is 0 Å². The molecule has 0 aromatic rings. The molecule has 0 rings (SSSR count). The van der Waals surface area contributed by atoms with E-state index in [1.807, 2.05) is 0 Å². The molecular formula is C109H206O14. The lowest BCUT2D eigenvalue weighted by molar-refractivity contribution is -0.253. The van der Waals surface area contributed by atoms with Crippen molar-refractivity contribution in [1.82, 2.24) is 0 Å². The first-order chi connectivity index (χ1) is 60.2. The van der Waals surface area contributed by atoms with Crippen molar-refractivity contribution in [3.8, 4) is 0 Å². The fourth-order valence-electron chi connectivity index (χ4n) is 19.0. The summed E-state index contributed by atoms with van der Waals surface area (Å²) in [6.45, 7) is 6.81. The smallest absolute Gasteiger partial charge is 0.306 e. The Hall–Kier alpha value is -3.71. The largest absolute Gasteiger partial charge is 0.481 e. The maximum absolute atomic E-state index is 15.8. The van der Waals surface area contributed by atoms with E-state index < -0.39 is 41.2 Å². The molecule has 0 amide bonds. The Kier molecular flexibility index (Phi) is 91.6. The highest BCUT2D eigenvalue weighted by Crippen LogP contribution is 2.49. The van der Waals surface area contributed by atoms with Crippen molar-refractivity contribution in [3.05, 3.63) is 0 Å². The average molecular weight is 1740 g/mol. The van der Waals surface area contributed by atoms with Gasteiger partial charge in [0.05, 0.1) is 0 Å². The van der Waals surface area contributed by atoms with Gasteiger partial charge in [0.2, 0.25) is 0 Å². The Balaban J connectivity index is 7.93. The summed E-state index contributed by atoms with van der Waals surface area (Å²) in [5.41, 5.74) is -2.64. The van der Waals surface area contributed by atoms with Gasteiger partial charge in [-0.1, -0.05) is 496 Å². The van der Waals surface area contributed by atoms with E-state index in [1.54, 1.807) is 0 Å². The van der Waals surface area contributed by atoms with Crippen LogP contribution in [0.1, 0.15) is 637 Å². The van der Waals surface area contributed by atoms with Gasteiger partial charge in [-0.25, -0.2) is 0 Å². The van der Waals surface area contributed by atoms with Crippen LogP contribution in [0.4, 0.5) is 0 Å². The van der Waals surface area contributed by atoms with Gasteiger partial charge in [0.25, 0.3) is 0 Å². The second-order valence-electron chi connectivity index (χ2n) is 38.7. The Morgan fingerprint density at radius 3 is 0.561 bits per heavy atom. The van der Waals surface area contributed by atoms with E-state index in [0.717, 1.165) is 276 Å². The highest BCUT2D eigenvalue weighted by Gasteiger charge is 2.62. The van der Waals surface area contributed by atoms with Crippen LogP contribution >= 0.6 is 0 Å². The second kappa shape index (κ2) is 94.4. The molecule has 0 fully saturated rings. The van der Waals surface area contributed by atoms with Crippen LogP contribution in [0, 0.1) is 0 Å². The normalized spacial score (nSPS) is 12.8. The molecule has 0 heterocycles. The SMILES string of the molecule is CCCCCCCCCCCC(=O)OC(CCCCCCCCCCCCCCCCCCCCCC(=O)O)C(CCCCCCCCCCCCCCCCCC(=O)O)(OC(=O)CCCCCCCCCCC)C(CCCCCCCCCCCCCCCC(=O)O)(CCCCCCCCCCCCCC(=O)O)OC(=O)CCCCCCCCCCC. The molecule has 0 aliphatic carbocycles. The fourth-order valence-corrected chi connectivity index (χ4v) is 19.0. The summed E-state index contributed by atoms with van der Waals surface area (Å²) in [4.78, 5) is 91.0. The summed E-state index contributed by atoms with van der Waals surface area (Å²) in [7, 11) is 0. The van der Waals surface area contributed by atoms with Gasteiger partial charge in [0, 0.05) is 44.9 Å². The standard InChI is InChI=1S/C109H206O14/c1-4-7-10-13-16-45-61-72-83-94-105(118)121-100(89-78-67-56-48-37-30-25-22-20-19-21-23-26-31-38-49-57-68-79-90-101(110)111)109(123-107(120)96-85-74-63-47-18-15-12-9-6-3,99-88-77-66-55-44-35-28-24-27-32-39-50-58-69-80-91-102(112)113)108(122-106(119)95-84-73-62-46-17-14-11-8-5-2,98-87-76-65-54-43-36-41-52-60-71-82-93-104(116)117)97-86-75-64-53-42-34-29-33-40-51-59-70-81-92-103(114)115/h100H,4-99H2,1-3H3,(H,110,111)(H,112,113)(H,114,115)(H,116,117).